The number of hydrogen-bond donors (Lipinski definition) is 2. The minimum absolute atomic E-state index is 0.0620. The van der Waals surface area contributed by atoms with Crippen LogP contribution in [0, 0.1) is 0 Å². The van der Waals surface area contributed by atoms with E-state index in [4.69, 9.17) is 10.8 Å². The van der Waals surface area contributed by atoms with Gasteiger partial charge in [0.2, 0.25) is 0 Å². The molecule has 3 N–H and O–H groups in total. The van der Waals surface area contributed by atoms with Crippen LogP contribution in [0.25, 0.3) is 11.1 Å². The van der Waals surface area contributed by atoms with Crippen molar-refractivity contribution in [2.45, 2.75) is 0 Å². The van der Waals surface area contributed by atoms with E-state index in [1.54, 1.807) is 36.7 Å². The summed E-state index contributed by atoms with van der Waals surface area (Å²) in [5.41, 5.74) is 6.60. The number of aromatic nitrogens is 2. The van der Waals surface area contributed by atoms with Gasteiger partial charge in [0.05, 0.1) is 0 Å². The Labute approximate surface area is 91.6 Å². The predicted molar refractivity (Wildman–Crippen MR) is 58.8 cm³/mol. The van der Waals surface area contributed by atoms with Gasteiger partial charge >= 0.3 is 5.97 Å². The SMILES string of the molecule is Nc1ccc(-c2cccnc2)c(C(=O)O)n1. The highest BCUT2D eigenvalue weighted by atomic mass is 16.4. The number of anilines is 1. The second-order valence-corrected chi connectivity index (χ2v) is 3.18. The van der Waals surface area contributed by atoms with Crippen LogP contribution in [0.15, 0.2) is 36.7 Å². The molecule has 0 spiro atoms. The van der Waals surface area contributed by atoms with Gasteiger partial charge in [-0.15, -0.1) is 0 Å². The van der Waals surface area contributed by atoms with Crippen LogP contribution in [-0.2, 0) is 0 Å². The van der Waals surface area contributed by atoms with Crippen molar-refractivity contribution in [3.05, 3.63) is 42.4 Å². The summed E-state index contributed by atoms with van der Waals surface area (Å²) in [4.78, 5) is 18.7. The summed E-state index contributed by atoms with van der Waals surface area (Å²) in [7, 11) is 0. The Kier molecular flexibility index (Phi) is 2.51. The first kappa shape index (κ1) is 10.1. The maximum Gasteiger partial charge on any atom is 0.355 e. The van der Waals surface area contributed by atoms with Gasteiger partial charge in [0, 0.05) is 23.5 Å². The molecule has 0 radical (unpaired) electrons. The van der Waals surface area contributed by atoms with Crippen molar-refractivity contribution in [2.75, 3.05) is 5.73 Å². The molecule has 0 bridgehead atoms. The lowest BCUT2D eigenvalue weighted by Crippen LogP contribution is -2.05. The lowest BCUT2D eigenvalue weighted by Gasteiger charge is -2.05. The number of carboxylic acid groups (broad SMARTS) is 1. The van der Waals surface area contributed by atoms with Crippen LogP contribution >= 0.6 is 0 Å². The highest BCUT2D eigenvalue weighted by Gasteiger charge is 2.13. The van der Waals surface area contributed by atoms with Crippen LogP contribution in [0.2, 0.25) is 0 Å². The third-order valence-electron chi connectivity index (χ3n) is 2.09. The molecule has 0 saturated carbocycles. The van der Waals surface area contributed by atoms with E-state index in [2.05, 4.69) is 9.97 Å². The summed E-state index contributed by atoms with van der Waals surface area (Å²) in [6, 6.07) is 6.70. The molecule has 2 heterocycles. The topological polar surface area (TPSA) is 89.1 Å². The molecule has 2 rings (SSSR count). The minimum Gasteiger partial charge on any atom is -0.476 e. The lowest BCUT2D eigenvalue weighted by molar-refractivity contribution is 0.0691. The number of nitrogens with zero attached hydrogens (tertiary/aromatic N) is 2. The first-order valence-electron chi connectivity index (χ1n) is 4.58. The third kappa shape index (κ3) is 1.83. The Bertz CT molecular complexity index is 526. The van der Waals surface area contributed by atoms with Crippen molar-refractivity contribution >= 4 is 11.8 Å². The van der Waals surface area contributed by atoms with Gasteiger partial charge in [-0.25, -0.2) is 9.78 Å². The van der Waals surface area contributed by atoms with Crippen LogP contribution in [0.5, 0.6) is 0 Å². The first-order chi connectivity index (χ1) is 7.68. The molecule has 0 aliphatic carbocycles. The molecule has 16 heavy (non-hydrogen) atoms. The van der Waals surface area contributed by atoms with Gasteiger partial charge in [-0.1, -0.05) is 6.07 Å². The summed E-state index contributed by atoms with van der Waals surface area (Å²) in [6.07, 6.45) is 3.20. The fourth-order valence-electron chi connectivity index (χ4n) is 1.39. The molecule has 5 heteroatoms. The van der Waals surface area contributed by atoms with Gasteiger partial charge in [-0.2, -0.15) is 0 Å². The van der Waals surface area contributed by atoms with Gasteiger partial charge in [0.25, 0.3) is 0 Å². The van der Waals surface area contributed by atoms with Crippen molar-refractivity contribution < 1.29 is 9.90 Å². The Morgan fingerprint density at radius 3 is 2.75 bits per heavy atom. The maximum absolute atomic E-state index is 11.0. The van der Waals surface area contributed by atoms with E-state index >= 15 is 0 Å². The summed E-state index contributed by atoms with van der Waals surface area (Å²) in [5, 5.41) is 9.01. The molecule has 0 fully saturated rings. The molecule has 0 amide bonds. The quantitative estimate of drug-likeness (QED) is 0.790. The van der Waals surface area contributed by atoms with E-state index in [9.17, 15) is 4.79 Å². The summed E-state index contributed by atoms with van der Waals surface area (Å²) in [5.74, 6) is -0.920. The Morgan fingerprint density at radius 1 is 1.31 bits per heavy atom. The highest BCUT2D eigenvalue weighted by molar-refractivity contribution is 5.94. The standard InChI is InChI=1S/C11H9N3O2/c12-9-4-3-8(10(14-9)11(15)16)7-2-1-5-13-6-7/h1-6H,(H2,12,14)(H,15,16). The maximum atomic E-state index is 11.0. The highest BCUT2D eigenvalue weighted by Crippen LogP contribution is 2.22. The van der Waals surface area contributed by atoms with Gasteiger partial charge in [0.15, 0.2) is 5.69 Å². The van der Waals surface area contributed by atoms with E-state index in [0.29, 0.717) is 11.1 Å². The molecule has 80 valence electrons. The van der Waals surface area contributed by atoms with Crippen molar-refractivity contribution in [3.63, 3.8) is 0 Å². The number of carbonyl (C=O) groups is 1. The van der Waals surface area contributed by atoms with Crippen molar-refractivity contribution in [2.24, 2.45) is 0 Å². The second kappa shape index (κ2) is 3.98. The Balaban J connectivity index is 2.61. The third-order valence-corrected chi connectivity index (χ3v) is 2.09. The van der Waals surface area contributed by atoms with Crippen molar-refractivity contribution in [3.8, 4) is 11.1 Å². The largest absolute Gasteiger partial charge is 0.476 e. The number of nitrogen functional groups attached to an aromatic ring is 1. The van der Waals surface area contributed by atoms with Crippen LogP contribution in [0.4, 0.5) is 5.82 Å². The molecule has 0 saturated heterocycles. The summed E-state index contributed by atoms with van der Waals surface area (Å²) >= 11 is 0. The van der Waals surface area contributed by atoms with Gasteiger partial charge in [-0.05, 0) is 18.2 Å². The molecule has 2 aromatic heterocycles. The zero-order valence-corrected chi connectivity index (χ0v) is 8.29. The van der Waals surface area contributed by atoms with E-state index < -0.39 is 5.97 Å². The number of aromatic carboxylic acids is 1. The van der Waals surface area contributed by atoms with Gasteiger partial charge in [0.1, 0.15) is 5.82 Å². The van der Waals surface area contributed by atoms with E-state index in [-0.39, 0.29) is 11.5 Å². The normalized spacial score (nSPS) is 10.0. The molecule has 0 aliphatic rings. The number of nitrogens with two attached hydrogens (primary N) is 1. The smallest absolute Gasteiger partial charge is 0.355 e. The van der Waals surface area contributed by atoms with E-state index in [1.165, 1.54) is 0 Å². The average molecular weight is 215 g/mol. The van der Waals surface area contributed by atoms with Gasteiger partial charge < -0.3 is 10.8 Å². The predicted octanol–water partition coefficient (Wildman–Crippen LogP) is 1.42. The van der Waals surface area contributed by atoms with E-state index in [1.807, 2.05) is 0 Å². The number of hydrogen-bond acceptors (Lipinski definition) is 4. The number of carboxylic acids is 1. The zero-order valence-electron chi connectivity index (χ0n) is 8.29. The fourth-order valence-corrected chi connectivity index (χ4v) is 1.39. The zero-order chi connectivity index (χ0) is 11.5. The molecule has 5 nitrogen and oxygen atoms in total. The molecular formula is C11H9N3O2. The number of pyridine rings is 2. The second-order valence-electron chi connectivity index (χ2n) is 3.18. The van der Waals surface area contributed by atoms with Crippen LogP contribution in [0.1, 0.15) is 10.5 Å². The molecule has 0 aromatic carbocycles. The average Bonchev–Trinajstić information content (AvgIpc) is 2.30. The van der Waals surface area contributed by atoms with E-state index in [0.717, 1.165) is 0 Å². The summed E-state index contributed by atoms with van der Waals surface area (Å²) < 4.78 is 0. The molecule has 0 atom stereocenters. The molecule has 0 aliphatic heterocycles. The lowest BCUT2D eigenvalue weighted by atomic mass is 10.1. The van der Waals surface area contributed by atoms with Crippen LogP contribution in [-0.4, -0.2) is 21.0 Å². The molecule has 2 aromatic rings. The Morgan fingerprint density at radius 2 is 2.12 bits per heavy atom. The van der Waals surface area contributed by atoms with Crippen molar-refractivity contribution in [1.82, 2.24) is 9.97 Å². The molecule has 0 unspecified atom stereocenters. The fraction of sp³-hybridized carbons (Fsp3) is 0. The van der Waals surface area contributed by atoms with Crippen LogP contribution < -0.4 is 5.73 Å². The Hall–Kier alpha value is -2.43. The van der Waals surface area contributed by atoms with Crippen molar-refractivity contribution in [1.29, 1.82) is 0 Å². The minimum atomic E-state index is -1.11. The van der Waals surface area contributed by atoms with Gasteiger partial charge in [-0.3, -0.25) is 4.98 Å². The monoisotopic (exact) mass is 215 g/mol. The first-order valence-corrected chi connectivity index (χ1v) is 4.58. The molecular weight excluding hydrogens is 206 g/mol. The number of rotatable bonds is 2. The summed E-state index contributed by atoms with van der Waals surface area (Å²) in [6.45, 7) is 0. The van der Waals surface area contributed by atoms with Crippen LogP contribution in [0.3, 0.4) is 0 Å².